The van der Waals surface area contributed by atoms with E-state index < -0.39 is 0 Å². The third kappa shape index (κ3) is 4.65. The van der Waals surface area contributed by atoms with E-state index >= 15 is 0 Å². The van der Waals surface area contributed by atoms with Gasteiger partial charge in [-0.15, -0.1) is 0 Å². The summed E-state index contributed by atoms with van der Waals surface area (Å²) in [5.41, 5.74) is 4.88. The molecule has 0 bridgehead atoms. The lowest BCUT2D eigenvalue weighted by Crippen LogP contribution is -2.39. The van der Waals surface area contributed by atoms with Gasteiger partial charge in [-0.3, -0.25) is 14.8 Å². The van der Waals surface area contributed by atoms with Gasteiger partial charge in [0.25, 0.3) is 5.91 Å². The number of nitrogens with zero attached hydrogens (tertiary/aromatic N) is 3. The third-order valence-corrected chi connectivity index (χ3v) is 5.77. The first-order chi connectivity index (χ1) is 14.1. The highest BCUT2D eigenvalue weighted by Gasteiger charge is 2.27. The fourth-order valence-electron chi connectivity index (χ4n) is 4.00. The van der Waals surface area contributed by atoms with Crippen molar-refractivity contribution in [1.29, 1.82) is 0 Å². The lowest BCUT2D eigenvalue weighted by Gasteiger charge is -2.32. The van der Waals surface area contributed by atoms with Gasteiger partial charge < -0.3 is 4.90 Å². The lowest BCUT2D eigenvalue weighted by atomic mass is 9.92. The second-order valence-electron chi connectivity index (χ2n) is 7.62. The molecule has 3 aromatic rings. The van der Waals surface area contributed by atoms with E-state index in [1.165, 1.54) is 5.56 Å². The summed E-state index contributed by atoms with van der Waals surface area (Å²) in [4.78, 5) is 23.7. The molecule has 29 heavy (non-hydrogen) atoms. The van der Waals surface area contributed by atoms with Crippen molar-refractivity contribution in [3.05, 3.63) is 94.0 Å². The van der Waals surface area contributed by atoms with Crippen molar-refractivity contribution < 1.29 is 4.79 Å². The number of halogens is 1. The number of hydrogen-bond donors (Lipinski definition) is 0. The Hall–Kier alpha value is -2.72. The Morgan fingerprint density at radius 1 is 1.17 bits per heavy atom. The second kappa shape index (κ2) is 8.75. The smallest absolute Gasteiger partial charge is 0.272 e. The second-order valence-corrected chi connectivity index (χ2v) is 8.02. The van der Waals surface area contributed by atoms with Gasteiger partial charge >= 0.3 is 0 Å². The van der Waals surface area contributed by atoms with Crippen LogP contribution in [0.4, 0.5) is 0 Å². The Labute approximate surface area is 176 Å². The van der Waals surface area contributed by atoms with Gasteiger partial charge in [0.1, 0.15) is 5.69 Å². The van der Waals surface area contributed by atoms with E-state index in [0.717, 1.165) is 47.8 Å². The third-order valence-electron chi connectivity index (χ3n) is 5.40. The summed E-state index contributed by atoms with van der Waals surface area (Å²) < 4.78 is 0. The Morgan fingerprint density at radius 2 is 2.00 bits per heavy atom. The van der Waals surface area contributed by atoms with E-state index in [4.69, 9.17) is 16.6 Å². The van der Waals surface area contributed by atoms with E-state index in [1.807, 2.05) is 42.2 Å². The molecular weight excluding hydrogens is 382 g/mol. The molecule has 0 unspecified atom stereocenters. The summed E-state index contributed by atoms with van der Waals surface area (Å²) in [6, 6.07) is 17.7. The predicted octanol–water partition coefficient (Wildman–Crippen LogP) is 5.05. The van der Waals surface area contributed by atoms with Crippen molar-refractivity contribution in [1.82, 2.24) is 14.9 Å². The normalized spacial score (nSPS) is 16.6. The molecular formula is C24H24ClN3O. The first kappa shape index (κ1) is 19.6. The van der Waals surface area contributed by atoms with Gasteiger partial charge in [-0.2, -0.15) is 0 Å². The first-order valence-electron chi connectivity index (χ1n) is 10.0. The van der Waals surface area contributed by atoms with E-state index in [-0.39, 0.29) is 11.8 Å². The number of benzene rings is 1. The molecule has 1 fully saturated rings. The molecule has 5 heteroatoms. The zero-order chi connectivity index (χ0) is 20.2. The molecule has 0 aliphatic carbocycles. The molecule has 1 aromatic carbocycles. The average Bonchev–Trinajstić information content (AvgIpc) is 2.75. The summed E-state index contributed by atoms with van der Waals surface area (Å²) in [6.07, 6.45) is 4.45. The van der Waals surface area contributed by atoms with Gasteiger partial charge in [-0.25, -0.2) is 0 Å². The van der Waals surface area contributed by atoms with Crippen LogP contribution in [0, 0.1) is 6.92 Å². The molecule has 3 heterocycles. The van der Waals surface area contributed by atoms with E-state index in [2.05, 4.69) is 23.2 Å². The molecule has 148 valence electrons. The van der Waals surface area contributed by atoms with Crippen LogP contribution in [-0.2, 0) is 6.42 Å². The molecule has 1 saturated heterocycles. The topological polar surface area (TPSA) is 46.1 Å². The van der Waals surface area contributed by atoms with Gasteiger partial charge in [-0.1, -0.05) is 35.9 Å². The fourth-order valence-corrected chi connectivity index (χ4v) is 4.20. The number of piperidine rings is 1. The number of amides is 1. The molecule has 1 atom stereocenters. The van der Waals surface area contributed by atoms with Crippen molar-refractivity contribution in [2.24, 2.45) is 0 Å². The largest absolute Gasteiger partial charge is 0.337 e. The number of rotatable bonds is 4. The summed E-state index contributed by atoms with van der Waals surface area (Å²) in [5, 5.41) is 0.785. The van der Waals surface area contributed by atoms with E-state index in [0.29, 0.717) is 12.2 Å². The van der Waals surface area contributed by atoms with Crippen LogP contribution in [0.5, 0.6) is 0 Å². The van der Waals surface area contributed by atoms with Crippen LogP contribution in [0.25, 0.3) is 0 Å². The molecule has 2 aromatic heterocycles. The highest BCUT2D eigenvalue weighted by Crippen LogP contribution is 2.28. The van der Waals surface area contributed by atoms with E-state index in [1.54, 1.807) is 12.3 Å². The SMILES string of the molecule is Cc1cc(Cc2ccccc2Cl)cc([C@H]2CCCN(C(=O)c3ccccn3)C2)n1. The Kier molecular flexibility index (Phi) is 5.91. The monoisotopic (exact) mass is 405 g/mol. The molecule has 1 aliphatic heterocycles. The first-order valence-corrected chi connectivity index (χ1v) is 10.4. The number of aromatic nitrogens is 2. The summed E-state index contributed by atoms with van der Waals surface area (Å²) in [5.74, 6) is 0.237. The van der Waals surface area contributed by atoms with Crippen LogP contribution in [0.2, 0.25) is 5.02 Å². The number of pyridine rings is 2. The molecule has 1 aliphatic rings. The number of aryl methyl sites for hydroxylation is 1. The number of likely N-dealkylation sites (tertiary alicyclic amines) is 1. The van der Waals surface area contributed by atoms with Crippen molar-refractivity contribution in [3.63, 3.8) is 0 Å². The Morgan fingerprint density at radius 3 is 2.79 bits per heavy atom. The van der Waals surface area contributed by atoms with Crippen molar-refractivity contribution in [2.75, 3.05) is 13.1 Å². The van der Waals surface area contributed by atoms with Crippen LogP contribution < -0.4 is 0 Å². The van der Waals surface area contributed by atoms with E-state index in [9.17, 15) is 4.79 Å². The summed E-state index contributed by atoms with van der Waals surface area (Å²) in [7, 11) is 0. The number of carbonyl (C=O) groups is 1. The maximum Gasteiger partial charge on any atom is 0.272 e. The van der Waals surface area contributed by atoms with Crippen LogP contribution in [0.15, 0.2) is 60.8 Å². The predicted molar refractivity (Wildman–Crippen MR) is 115 cm³/mol. The van der Waals surface area contributed by atoms with Crippen LogP contribution >= 0.6 is 11.6 Å². The molecule has 1 amide bonds. The van der Waals surface area contributed by atoms with Crippen LogP contribution in [0.1, 0.15) is 51.8 Å². The quantitative estimate of drug-likeness (QED) is 0.610. The molecule has 4 nitrogen and oxygen atoms in total. The van der Waals surface area contributed by atoms with Gasteiger partial charge in [-0.05, 0) is 67.6 Å². The Balaban J connectivity index is 1.54. The van der Waals surface area contributed by atoms with Gasteiger partial charge in [0.2, 0.25) is 0 Å². The van der Waals surface area contributed by atoms with Gasteiger partial charge in [0, 0.05) is 41.6 Å². The molecule has 4 rings (SSSR count). The molecule has 0 saturated carbocycles. The van der Waals surface area contributed by atoms with Crippen molar-refractivity contribution >= 4 is 17.5 Å². The summed E-state index contributed by atoms with van der Waals surface area (Å²) >= 11 is 6.35. The van der Waals surface area contributed by atoms with Gasteiger partial charge in [0.05, 0.1) is 0 Å². The average molecular weight is 406 g/mol. The fraction of sp³-hybridized carbons (Fsp3) is 0.292. The Bertz CT molecular complexity index is 1010. The zero-order valence-corrected chi connectivity index (χ0v) is 17.3. The maximum absolute atomic E-state index is 12.8. The molecule has 0 radical (unpaired) electrons. The maximum atomic E-state index is 12.8. The minimum absolute atomic E-state index is 0.000700. The van der Waals surface area contributed by atoms with Crippen molar-refractivity contribution in [3.8, 4) is 0 Å². The van der Waals surface area contributed by atoms with Crippen LogP contribution in [-0.4, -0.2) is 33.9 Å². The zero-order valence-electron chi connectivity index (χ0n) is 16.5. The highest BCUT2D eigenvalue weighted by molar-refractivity contribution is 6.31. The number of carbonyl (C=O) groups excluding carboxylic acids is 1. The van der Waals surface area contributed by atoms with Crippen molar-refractivity contribution in [2.45, 2.75) is 32.1 Å². The lowest BCUT2D eigenvalue weighted by molar-refractivity contribution is 0.0700. The van der Waals surface area contributed by atoms with Crippen LogP contribution in [0.3, 0.4) is 0 Å². The minimum Gasteiger partial charge on any atom is -0.337 e. The highest BCUT2D eigenvalue weighted by atomic mass is 35.5. The molecule has 0 N–H and O–H groups in total. The minimum atomic E-state index is -0.000700. The number of hydrogen-bond acceptors (Lipinski definition) is 3. The van der Waals surface area contributed by atoms with Gasteiger partial charge in [0.15, 0.2) is 0 Å². The standard InChI is InChI=1S/C24H24ClN3O/c1-17-13-18(14-19-7-2-3-9-21(19)25)15-23(27-17)20-8-6-12-28(16-20)24(29)22-10-4-5-11-26-22/h2-5,7,9-11,13,15,20H,6,8,12,14,16H2,1H3/t20-/m0/s1. The molecule has 0 spiro atoms. The summed E-state index contributed by atoms with van der Waals surface area (Å²) in [6.45, 7) is 3.47.